The summed E-state index contributed by atoms with van der Waals surface area (Å²) in [5, 5.41) is 16.0. The average Bonchev–Trinajstić information content (AvgIpc) is 2.85. The van der Waals surface area contributed by atoms with E-state index in [2.05, 4.69) is 10.5 Å². The van der Waals surface area contributed by atoms with Gasteiger partial charge in [-0.1, -0.05) is 78.4 Å². The normalized spacial score (nSPS) is 11.9. The van der Waals surface area contributed by atoms with Crippen molar-refractivity contribution < 1.29 is 18.3 Å². The summed E-state index contributed by atoms with van der Waals surface area (Å²) in [5.74, 6) is -0.576. The molecule has 0 unspecified atom stereocenters. The summed E-state index contributed by atoms with van der Waals surface area (Å²) in [4.78, 5) is 13.1. The summed E-state index contributed by atoms with van der Waals surface area (Å²) in [6.45, 7) is 5.03. The Kier molecular flexibility index (Phi) is 7.71. The summed E-state index contributed by atoms with van der Waals surface area (Å²) in [5.41, 5.74) is 5.84. The Morgan fingerprint density at radius 1 is 0.946 bits per heavy atom. The quantitative estimate of drug-likeness (QED) is 0.260. The SMILES string of the molecule is Cc1cc(C)c(S(=O)(=O)N(CC(=O)N/N=C\c2c(O)ccc3ccccc23)Cc2ccccc2)c(C)c1. The number of aryl methyl sites for hydroxylation is 3. The van der Waals surface area contributed by atoms with Crippen molar-refractivity contribution in [3.63, 3.8) is 0 Å². The maximum absolute atomic E-state index is 13.8. The van der Waals surface area contributed by atoms with Gasteiger partial charge in [-0.15, -0.1) is 0 Å². The van der Waals surface area contributed by atoms with E-state index >= 15 is 0 Å². The van der Waals surface area contributed by atoms with Crippen LogP contribution in [0.5, 0.6) is 5.75 Å². The number of benzene rings is 4. The molecule has 0 radical (unpaired) electrons. The number of hydrogen-bond acceptors (Lipinski definition) is 5. The fraction of sp³-hybridized carbons (Fsp3) is 0.172. The Morgan fingerprint density at radius 3 is 2.30 bits per heavy atom. The second-order valence-corrected chi connectivity index (χ2v) is 10.9. The first-order valence-corrected chi connectivity index (χ1v) is 13.3. The monoisotopic (exact) mass is 515 g/mol. The molecule has 7 nitrogen and oxygen atoms in total. The molecule has 0 saturated carbocycles. The highest BCUT2D eigenvalue weighted by atomic mass is 32.2. The molecule has 0 aliphatic heterocycles. The first-order chi connectivity index (χ1) is 17.7. The van der Waals surface area contributed by atoms with Gasteiger partial charge in [0, 0.05) is 12.1 Å². The zero-order valence-corrected chi connectivity index (χ0v) is 21.8. The van der Waals surface area contributed by atoms with E-state index in [1.54, 1.807) is 26.0 Å². The Labute approximate surface area is 217 Å². The average molecular weight is 516 g/mol. The van der Waals surface area contributed by atoms with Crippen LogP contribution in [0.2, 0.25) is 0 Å². The molecule has 0 fully saturated rings. The lowest BCUT2D eigenvalue weighted by molar-refractivity contribution is -0.121. The molecule has 1 amide bonds. The number of aromatic hydroxyl groups is 1. The van der Waals surface area contributed by atoms with E-state index in [4.69, 9.17) is 0 Å². The molecular formula is C29H29N3O4S. The van der Waals surface area contributed by atoms with Gasteiger partial charge in [0.15, 0.2) is 0 Å². The van der Waals surface area contributed by atoms with Crippen LogP contribution in [0.15, 0.2) is 88.9 Å². The van der Waals surface area contributed by atoms with Crippen molar-refractivity contribution in [2.75, 3.05) is 6.54 Å². The van der Waals surface area contributed by atoms with Gasteiger partial charge in [-0.25, -0.2) is 13.8 Å². The Morgan fingerprint density at radius 2 is 1.59 bits per heavy atom. The van der Waals surface area contributed by atoms with Gasteiger partial charge in [-0.3, -0.25) is 4.79 Å². The second kappa shape index (κ2) is 10.9. The minimum Gasteiger partial charge on any atom is -0.507 e. The highest BCUT2D eigenvalue weighted by Crippen LogP contribution is 2.27. The van der Waals surface area contributed by atoms with E-state index < -0.39 is 22.5 Å². The standard InChI is InChI=1S/C29H29N3O4S/c1-20-15-21(2)29(22(3)16-20)37(35,36)32(18-23-9-5-4-6-10-23)19-28(34)31-30-17-26-25-12-8-7-11-24(25)13-14-27(26)33/h4-17,33H,18-19H2,1-3H3,(H,31,34)/b30-17-. The van der Waals surface area contributed by atoms with Gasteiger partial charge in [0.05, 0.1) is 17.7 Å². The molecule has 0 aliphatic rings. The molecule has 190 valence electrons. The van der Waals surface area contributed by atoms with Crippen molar-refractivity contribution in [2.24, 2.45) is 5.10 Å². The molecule has 0 atom stereocenters. The Balaban J connectivity index is 1.60. The summed E-state index contributed by atoms with van der Waals surface area (Å²) in [6, 6.07) is 23.6. The third-order valence-electron chi connectivity index (χ3n) is 6.05. The highest BCUT2D eigenvalue weighted by Gasteiger charge is 2.30. The maximum Gasteiger partial charge on any atom is 0.255 e. The minimum absolute atomic E-state index is 0.0234. The summed E-state index contributed by atoms with van der Waals surface area (Å²) in [7, 11) is -4.00. The molecule has 0 spiro atoms. The van der Waals surface area contributed by atoms with E-state index in [1.807, 2.05) is 73.7 Å². The number of carbonyl (C=O) groups is 1. The van der Waals surface area contributed by atoms with Crippen molar-refractivity contribution in [2.45, 2.75) is 32.2 Å². The summed E-state index contributed by atoms with van der Waals surface area (Å²) in [6.07, 6.45) is 1.36. The minimum atomic E-state index is -4.00. The number of hydrazone groups is 1. The molecule has 4 aromatic carbocycles. The number of fused-ring (bicyclic) bond motifs is 1. The molecule has 4 rings (SSSR count). The lowest BCUT2D eigenvalue weighted by atomic mass is 10.0. The van der Waals surface area contributed by atoms with E-state index in [0.29, 0.717) is 16.7 Å². The smallest absolute Gasteiger partial charge is 0.255 e. The number of sulfonamides is 1. The lowest BCUT2D eigenvalue weighted by Crippen LogP contribution is -2.39. The molecule has 8 heteroatoms. The third-order valence-corrected chi connectivity index (χ3v) is 8.15. The summed E-state index contributed by atoms with van der Waals surface area (Å²) >= 11 is 0. The number of nitrogens with one attached hydrogen (secondary N) is 1. The van der Waals surface area contributed by atoms with Crippen molar-refractivity contribution in [3.8, 4) is 5.75 Å². The fourth-order valence-electron chi connectivity index (χ4n) is 4.50. The summed E-state index contributed by atoms with van der Waals surface area (Å²) < 4.78 is 28.7. The van der Waals surface area contributed by atoms with Gasteiger partial charge in [0.2, 0.25) is 10.0 Å². The van der Waals surface area contributed by atoms with Crippen LogP contribution in [0.1, 0.15) is 27.8 Å². The molecular weight excluding hydrogens is 486 g/mol. The van der Waals surface area contributed by atoms with Crippen LogP contribution >= 0.6 is 0 Å². The lowest BCUT2D eigenvalue weighted by Gasteiger charge is -2.24. The number of carbonyl (C=O) groups excluding carboxylic acids is 1. The van der Waals surface area contributed by atoms with Gasteiger partial charge in [-0.2, -0.15) is 9.41 Å². The molecule has 0 aromatic heterocycles. The van der Waals surface area contributed by atoms with Crippen LogP contribution in [0.4, 0.5) is 0 Å². The molecule has 0 saturated heterocycles. The number of amides is 1. The first-order valence-electron chi connectivity index (χ1n) is 11.8. The second-order valence-electron chi connectivity index (χ2n) is 9.00. The van der Waals surface area contributed by atoms with Crippen molar-refractivity contribution >= 4 is 32.9 Å². The molecule has 0 aliphatic carbocycles. The number of nitrogens with zero attached hydrogens (tertiary/aromatic N) is 2. The van der Waals surface area contributed by atoms with Crippen LogP contribution in [0, 0.1) is 20.8 Å². The first kappa shape index (κ1) is 26.1. The Bertz CT molecular complexity index is 1560. The number of hydrogen-bond donors (Lipinski definition) is 2. The van der Waals surface area contributed by atoms with E-state index in [1.165, 1.54) is 6.21 Å². The van der Waals surface area contributed by atoms with Crippen molar-refractivity contribution in [1.29, 1.82) is 0 Å². The van der Waals surface area contributed by atoms with Gasteiger partial charge in [-0.05, 0) is 54.3 Å². The zero-order chi connectivity index (χ0) is 26.6. The van der Waals surface area contributed by atoms with Gasteiger partial charge in [0.25, 0.3) is 5.91 Å². The molecule has 4 aromatic rings. The fourth-order valence-corrected chi connectivity index (χ4v) is 6.30. The van der Waals surface area contributed by atoms with Crippen molar-refractivity contribution in [3.05, 3.63) is 107 Å². The third kappa shape index (κ3) is 5.87. The van der Waals surface area contributed by atoms with Gasteiger partial charge >= 0.3 is 0 Å². The zero-order valence-electron chi connectivity index (χ0n) is 21.0. The molecule has 37 heavy (non-hydrogen) atoms. The van der Waals surface area contributed by atoms with Crippen molar-refractivity contribution in [1.82, 2.24) is 9.73 Å². The van der Waals surface area contributed by atoms with Crippen LogP contribution in [0.25, 0.3) is 10.8 Å². The largest absolute Gasteiger partial charge is 0.507 e. The van der Waals surface area contributed by atoms with E-state index in [9.17, 15) is 18.3 Å². The maximum atomic E-state index is 13.8. The van der Waals surface area contributed by atoms with Crippen LogP contribution < -0.4 is 5.43 Å². The number of rotatable bonds is 8. The number of phenolic OH excluding ortho intramolecular Hbond substituents is 1. The molecule has 0 bridgehead atoms. The van der Waals surface area contributed by atoms with Gasteiger partial charge in [0.1, 0.15) is 5.75 Å². The Hall–Kier alpha value is -4.01. The highest BCUT2D eigenvalue weighted by molar-refractivity contribution is 7.89. The van der Waals surface area contributed by atoms with Crippen LogP contribution in [-0.4, -0.2) is 36.5 Å². The van der Waals surface area contributed by atoms with E-state index in [0.717, 1.165) is 26.2 Å². The van der Waals surface area contributed by atoms with Gasteiger partial charge < -0.3 is 5.11 Å². The predicted molar refractivity (Wildman–Crippen MR) is 146 cm³/mol. The molecule has 2 N–H and O–H groups in total. The topological polar surface area (TPSA) is 99.1 Å². The van der Waals surface area contributed by atoms with E-state index in [-0.39, 0.29) is 17.2 Å². The van der Waals surface area contributed by atoms with Crippen LogP contribution in [-0.2, 0) is 21.4 Å². The molecule has 0 heterocycles. The number of phenols is 1. The predicted octanol–water partition coefficient (Wildman–Crippen LogP) is 4.81. The van der Waals surface area contributed by atoms with Crippen LogP contribution in [0.3, 0.4) is 0 Å².